The molecule has 0 saturated carbocycles. The van der Waals surface area contributed by atoms with E-state index in [9.17, 15) is 0 Å². The van der Waals surface area contributed by atoms with Gasteiger partial charge in [0.25, 0.3) is 0 Å². The molecule has 0 radical (unpaired) electrons. The Morgan fingerprint density at radius 1 is 1.46 bits per heavy atom. The van der Waals surface area contributed by atoms with E-state index < -0.39 is 0 Å². The van der Waals surface area contributed by atoms with Crippen molar-refractivity contribution in [3.63, 3.8) is 0 Å². The van der Waals surface area contributed by atoms with Crippen LogP contribution in [0.15, 0.2) is 34.5 Å². The van der Waals surface area contributed by atoms with E-state index in [4.69, 9.17) is 0 Å². The molecule has 0 bridgehead atoms. The van der Waals surface area contributed by atoms with Gasteiger partial charge in [0.15, 0.2) is 0 Å². The average Bonchev–Trinajstić information content (AvgIpc) is 2.15. The molecule has 0 aromatic rings. The van der Waals surface area contributed by atoms with E-state index in [1.165, 1.54) is 6.20 Å². The lowest BCUT2D eigenvalue weighted by Gasteiger charge is -2.18. The topological polar surface area (TPSA) is 28.0 Å². The first-order valence-electron chi connectivity index (χ1n) is 4.14. The Hall–Kier alpha value is -1.38. The van der Waals surface area contributed by atoms with Crippen LogP contribution in [0.1, 0.15) is 13.8 Å². The maximum atomic E-state index is 4.10. The van der Waals surface area contributed by atoms with E-state index in [2.05, 4.69) is 16.6 Å². The number of rotatable bonds is 3. The second kappa shape index (κ2) is 6.17. The Labute approximate surface area is 80.2 Å². The number of allylic oxidation sites excluding steroid dienone is 2. The maximum Gasteiger partial charge on any atom is 0.150 e. The summed E-state index contributed by atoms with van der Waals surface area (Å²) in [5.74, 6) is 0.785. The van der Waals surface area contributed by atoms with Gasteiger partial charge in [0.05, 0.1) is 6.21 Å². The number of aliphatic imine (C=N–C) groups is 2. The molecular formula is C10H17N3. The van der Waals surface area contributed by atoms with E-state index in [0.717, 1.165) is 11.5 Å². The number of hydrogen-bond acceptors (Lipinski definition) is 2. The molecule has 0 aliphatic rings. The van der Waals surface area contributed by atoms with E-state index in [1.54, 1.807) is 13.3 Å². The van der Waals surface area contributed by atoms with Gasteiger partial charge in [0, 0.05) is 26.0 Å². The Bertz CT molecular complexity index is 249. The van der Waals surface area contributed by atoms with Gasteiger partial charge in [-0.15, -0.1) is 0 Å². The van der Waals surface area contributed by atoms with Gasteiger partial charge in [-0.25, -0.2) is 4.99 Å². The van der Waals surface area contributed by atoms with Crippen molar-refractivity contribution in [3.05, 3.63) is 24.6 Å². The van der Waals surface area contributed by atoms with Gasteiger partial charge in [0.1, 0.15) is 5.84 Å². The maximum absolute atomic E-state index is 4.10. The molecule has 0 aliphatic carbocycles. The highest BCUT2D eigenvalue weighted by atomic mass is 15.2. The van der Waals surface area contributed by atoms with Crippen LogP contribution in [0.4, 0.5) is 0 Å². The average molecular weight is 179 g/mol. The first-order valence-corrected chi connectivity index (χ1v) is 4.14. The third-order valence-electron chi connectivity index (χ3n) is 1.76. The zero-order chi connectivity index (χ0) is 10.3. The normalized spacial score (nSPS) is 13.5. The van der Waals surface area contributed by atoms with Gasteiger partial charge in [0.2, 0.25) is 0 Å². The Kier molecular flexibility index (Phi) is 5.52. The molecular weight excluding hydrogens is 162 g/mol. The summed E-state index contributed by atoms with van der Waals surface area (Å²) < 4.78 is 0. The fraction of sp³-hybridized carbons (Fsp3) is 0.400. The van der Waals surface area contributed by atoms with Gasteiger partial charge in [-0.1, -0.05) is 12.7 Å². The minimum Gasteiger partial charge on any atom is -0.333 e. The summed E-state index contributed by atoms with van der Waals surface area (Å²) in [4.78, 5) is 9.97. The van der Waals surface area contributed by atoms with Crippen LogP contribution in [0.2, 0.25) is 0 Å². The first-order chi connectivity index (χ1) is 6.17. The highest BCUT2D eigenvalue weighted by molar-refractivity contribution is 6.29. The quantitative estimate of drug-likeness (QED) is 0.481. The van der Waals surface area contributed by atoms with E-state index >= 15 is 0 Å². The lowest BCUT2D eigenvalue weighted by atomic mass is 10.4. The Morgan fingerprint density at radius 3 is 2.46 bits per heavy atom. The Balaban J connectivity index is 4.75. The SMILES string of the molecule is C=C/N=C(/C=N\C)N(C)/C(C)=C\C. The smallest absolute Gasteiger partial charge is 0.150 e. The molecule has 0 spiro atoms. The van der Waals surface area contributed by atoms with E-state index in [1.807, 2.05) is 31.9 Å². The van der Waals surface area contributed by atoms with E-state index in [-0.39, 0.29) is 0 Å². The van der Waals surface area contributed by atoms with Crippen molar-refractivity contribution in [2.24, 2.45) is 9.98 Å². The summed E-state index contributed by atoms with van der Waals surface area (Å²) in [5.41, 5.74) is 1.13. The molecule has 0 aromatic heterocycles. The number of amidine groups is 1. The molecule has 3 nitrogen and oxygen atoms in total. The van der Waals surface area contributed by atoms with Gasteiger partial charge >= 0.3 is 0 Å². The molecule has 0 atom stereocenters. The second-order valence-electron chi connectivity index (χ2n) is 2.55. The van der Waals surface area contributed by atoms with Crippen LogP contribution >= 0.6 is 0 Å². The zero-order valence-corrected chi connectivity index (χ0v) is 8.78. The number of hydrogen-bond donors (Lipinski definition) is 0. The predicted molar refractivity (Wildman–Crippen MR) is 59.2 cm³/mol. The van der Waals surface area contributed by atoms with Crippen LogP contribution in [0, 0.1) is 0 Å². The fourth-order valence-electron chi connectivity index (χ4n) is 0.790. The largest absolute Gasteiger partial charge is 0.333 e. The second-order valence-corrected chi connectivity index (χ2v) is 2.55. The molecule has 0 amide bonds. The summed E-state index contributed by atoms with van der Waals surface area (Å²) in [5, 5.41) is 0. The van der Waals surface area contributed by atoms with Crippen molar-refractivity contribution in [3.8, 4) is 0 Å². The van der Waals surface area contributed by atoms with Gasteiger partial charge < -0.3 is 4.90 Å². The minimum atomic E-state index is 0.785. The van der Waals surface area contributed by atoms with Gasteiger partial charge in [-0.2, -0.15) is 0 Å². The van der Waals surface area contributed by atoms with Crippen molar-refractivity contribution in [1.82, 2.24) is 4.90 Å². The van der Waals surface area contributed by atoms with Crippen molar-refractivity contribution in [2.75, 3.05) is 14.1 Å². The number of nitrogens with zero attached hydrogens (tertiary/aromatic N) is 3. The molecule has 13 heavy (non-hydrogen) atoms. The summed E-state index contributed by atoms with van der Waals surface area (Å²) in [6.07, 6.45) is 5.23. The monoisotopic (exact) mass is 179 g/mol. The van der Waals surface area contributed by atoms with Crippen molar-refractivity contribution < 1.29 is 0 Å². The lowest BCUT2D eigenvalue weighted by Crippen LogP contribution is -2.25. The molecule has 0 aliphatic heterocycles. The first kappa shape index (κ1) is 11.6. The summed E-state index contributed by atoms with van der Waals surface area (Å²) in [7, 11) is 3.66. The van der Waals surface area contributed by atoms with Crippen LogP contribution in [0.5, 0.6) is 0 Å². The highest BCUT2D eigenvalue weighted by Gasteiger charge is 2.02. The van der Waals surface area contributed by atoms with Crippen molar-refractivity contribution in [1.29, 1.82) is 0 Å². The molecule has 0 aromatic carbocycles. The van der Waals surface area contributed by atoms with Crippen LogP contribution < -0.4 is 0 Å². The van der Waals surface area contributed by atoms with E-state index in [0.29, 0.717) is 0 Å². The molecule has 0 rings (SSSR count). The summed E-state index contributed by atoms with van der Waals surface area (Å²) in [6.45, 7) is 7.56. The van der Waals surface area contributed by atoms with Crippen molar-refractivity contribution in [2.45, 2.75) is 13.8 Å². The third-order valence-corrected chi connectivity index (χ3v) is 1.76. The molecule has 0 heterocycles. The zero-order valence-electron chi connectivity index (χ0n) is 8.78. The van der Waals surface area contributed by atoms with Crippen LogP contribution in [-0.4, -0.2) is 31.0 Å². The predicted octanol–water partition coefficient (Wildman–Crippen LogP) is 2.08. The summed E-state index contributed by atoms with van der Waals surface area (Å²) in [6, 6.07) is 0. The Morgan fingerprint density at radius 2 is 2.08 bits per heavy atom. The molecule has 0 unspecified atom stereocenters. The molecule has 0 N–H and O–H groups in total. The van der Waals surface area contributed by atoms with Crippen molar-refractivity contribution >= 4 is 12.1 Å². The highest BCUT2D eigenvalue weighted by Crippen LogP contribution is 2.00. The van der Waals surface area contributed by atoms with Gasteiger partial charge in [-0.3, -0.25) is 4.99 Å². The third kappa shape index (κ3) is 3.69. The molecule has 3 heteroatoms. The van der Waals surface area contributed by atoms with Crippen LogP contribution in [-0.2, 0) is 0 Å². The summed E-state index contributed by atoms with van der Waals surface area (Å²) >= 11 is 0. The van der Waals surface area contributed by atoms with Gasteiger partial charge in [-0.05, 0) is 13.8 Å². The standard InChI is InChI=1S/C10H17N3/c1-6-9(3)13(5)10(8-11-4)12-7-2/h6-8H,2H2,1,3-5H3/b9-6-,11-8-,12-10-. The lowest BCUT2D eigenvalue weighted by molar-refractivity contribution is 0.634. The molecule has 0 fully saturated rings. The minimum absolute atomic E-state index is 0.785. The van der Waals surface area contributed by atoms with Crippen LogP contribution in [0.3, 0.4) is 0 Å². The van der Waals surface area contributed by atoms with Crippen LogP contribution in [0.25, 0.3) is 0 Å². The fourth-order valence-corrected chi connectivity index (χ4v) is 0.790. The molecule has 0 saturated heterocycles. The molecule has 72 valence electrons.